The lowest BCUT2D eigenvalue weighted by molar-refractivity contribution is -0.125. The number of rotatable bonds is 7. The monoisotopic (exact) mass is 496 g/mol. The second-order valence-corrected chi connectivity index (χ2v) is 8.43. The highest BCUT2D eigenvalue weighted by atomic mass is 35.5. The molecule has 3 aromatic rings. The second-order valence-electron chi connectivity index (χ2n) is 7.99. The summed E-state index contributed by atoms with van der Waals surface area (Å²) in [6.45, 7) is 1.01. The summed E-state index contributed by atoms with van der Waals surface area (Å²) in [6, 6.07) is 12.2. The first kappa shape index (κ1) is 24.2. The average Bonchev–Trinajstić information content (AvgIpc) is 3.25. The molecule has 0 bridgehead atoms. The fourth-order valence-corrected chi connectivity index (χ4v) is 3.73. The van der Waals surface area contributed by atoms with Crippen LogP contribution in [0.4, 0.5) is 21.9 Å². The molecule has 0 radical (unpaired) electrons. The molecule has 2 heterocycles. The lowest BCUT2D eigenvalue weighted by Gasteiger charge is -2.27. The van der Waals surface area contributed by atoms with Crippen LogP contribution in [0, 0.1) is 0 Å². The Kier molecular flexibility index (Phi) is 7.64. The van der Waals surface area contributed by atoms with Crippen LogP contribution in [0.25, 0.3) is 0 Å². The molecule has 0 unspecified atom stereocenters. The van der Waals surface area contributed by atoms with Crippen molar-refractivity contribution in [1.29, 1.82) is 0 Å². The number of carbonyl (C=O) groups excluding carboxylic acids is 3. The molecule has 182 valence electrons. The van der Waals surface area contributed by atoms with Crippen molar-refractivity contribution in [3.63, 3.8) is 0 Å². The Morgan fingerprint density at radius 3 is 2.43 bits per heavy atom. The number of nitrogens with zero attached hydrogens (tertiary/aromatic N) is 3. The van der Waals surface area contributed by atoms with Crippen molar-refractivity contribution in [2.24, 2.45) is 7.05 Å². The number of hydrogen-bond donors (Lipinski definition) is 3. The van der Waals surface area contributed by atoms with Crippen LogP contribution < -0.4 is 20.9 Å². The smallest absolute Gasteiger partial charge is 0.319 e. The minimum absolute atomic E-state index is 0.0535. The van der Waals surface area contributed by atoms with E-state index < -0.39 is 18.0 Å². The Hall–Kier alpha value is -3.89. The fourth-order valence-electron chi connectivity index (χ4n) is 3.60. The predicted molar refractivity (Wildman–Crippen MR) is 133 cm³/mol. The van der Waals surface area contributed by atoms with Crippen LogP contribution in [0.2, 0.25) is 5.02 Å². The molecular weight excluding hydrogens is 472 g/mol. The number of hydrogen-bond acceptors (Lipinski definition) is 5. The normalized spacial score (nSPS) is 14.3. The van der Waals surface area contributed by atoms with Crippen molar-refractivity contribution in [2.75, 3.05) is 35.3 Å². The van der Waals surface area contributed by atoms with Crippen molar-refractivity contribution in [2.45, 2.75) is 12.5 Å². The van der Waals surface area contributed by atoms with Gasteiger partial charge in [0, 0.05) is 54.0 Å². The lowest BCUT2D eigenvalue weighted by atomic mass is 10.1. The maximum atomic E-state index is 13.1. The number of halogens is 1. The van der Waals surface area contributed by atoms with E-state index in [-0.39, 0.29) is 18.9 Å². The third kappa shape index (κ3) is 6.37. The number of carbonyl (C=O) groups is 3. The maximum Gasteiger partial charge on any atom is 0.319 e. The summed E-state index contributed by atoms with van der Waals surface area (Å²) < 4.78 is 6.95. The highest BCUT2D eigenvalue weighted by Gasteiger charge is 2.24. The molecule has 2 aromatic carbocycles. The van der Waals surface area contributed by atoms with E-state index >= 15 is 0 Å². The number of nitrogens with one attached hydrogen (secondary N) is 3. The highest BCUT2D eigenvalue weighted by Crippen LogP contribution is 2.20. The van der Waals surface area contributed by atoms with Gasteiger partial charge in [-0.1, -0.05) is 11.6 Å². The molecule has 0 aliphatic carbocycles. The van der Waals surface area contributed by atoms with E-state index in [9.17, 15) is 14.4 Å². The zero-order chi connectivity index (χ0) is 24.8. The summed E-state index contributed by atoms with van der Waals surface area (Å²) >= 11 is 5.89. The number of ether oxygens (including phenoxy) is 1. The minimum Gasteiger partial charge on any atom is -0.370 e. The van der Waals surface area contributed by atoms with Crippen LogP contribution >= 0.6 is 11.6 Å². The molecule has 0 saturated carbocycles. The molecule has 1 atom stereocenters. The molecule has 35 heavy (non-hydrogen) atoms. The molecule has 3 N–H and O–H groups in total. The molecular formula is C24H25ClN6O4. The number of morpholine rings is 1. The summed E-state index contributed by atoms with van der Waals surface area (Å²) in [5.74, 6) is -0.507. The minimum atomic E-state index is -0.877. The van der Waals surface area contributed by atoms with Gasteiger partial charge in [0.25, 0.3) is 5.91 Å². The number of urea groups is 1. The van der Waals surface area contributed by atoms with Crippen molar-refractivity contribution < 1.29 is 19.1 Å². The first-order chi connectivity index (χ1) is 16.9. The van der Waals surface area contributed by atoms with Crippen LogP contribution in [0.5, 0.6) is 0 Å². The van der Waals surface area contributed by atoms with Crippen molar-refractivity contribution >= 4 is 46.5 Å². The van der Waals surface area contributed by atoms with Crippen LogP contribution in [-0.4, -0.2) is 53.2 Å². The van der Waals surface area contributed by atoms with Gasteiger partial charge < -0.3 is 30.2 Å². The number of aryl methyl sites for hydroxylation is 1. The van der Waals surface area contributed by atoms with Gasteiger partial charge in [0.2, 0.25) is 5.91 Å². The van der Waals surface area contributed by atoms with Gasteiger partial charge in [0.05, 0.1) is 12.9 Å². The van der Waals surface area contributed by atoms with Crippen molar-refractivity contribution in [3.05, 3.63) is 71.8 Å². The Morgan fingerprint density at radius 2 is 1.77 bits per heavy atom. The number of benzene rings is 2. The number of amides is 4. The van der Waals surface area contributed by atoms with E-state index in [0.717, 1.165) is 11.4 Å². The Balaban J connectivity index is 1.44. The van der Waals surface area contributed by atoms with Gasteiger partial charge in [-0.25, -0.2) is 9.78 Å². The van der Waals surface area contributed by atoms with E-state index in [1.54, 1.807) is 70.5 Å². The van der Waals surface area contributed by atoms with Crippen LogP contribution in [0.1, 0.15) is 5.69 Å². The van der Waals surface area contributed by atoms with Gasteiger partial charge in [-0.2, -0.15) is 0 Å². The third-order valence-electron chi connectivity index (χ3n) is 5.49. The number of anilines is 3. The predicted octanol–water partition coefficient (Wildman–Crippen LogP) is 2.81. The van der Waals surface area contributed by atoms with Gasteiger partial charge >= 0.3 is 6.03 Å². The molecule has 1 saturated heterocycles. The van der Waals surface area contributed by atoms with Gasteiger partial charge in [0.1, 0.15) is 12.6 Å². The van der Waals surface area contributed by atoms with Gasteiger partial charge in [-0.3, -0.25) is 9.59 Å². The molecule has 4 amide bonds. The zero-order valence-electron chi connectivity index (χ0n) is 19.0. The van der Waals surface area contributed by atoms with E-state index in [1.807, 2.05) is 7.05 Å². The Labute approximate surface area is 207 Å². The first-order valence-electron chi connectivity index (χ1n) is 11.0. The van der Waals surface area contributed by atoms with Crippen molar-refractivity contribution in [3.8, 4) is 0 Å². The quantitative estimate of drug-likeness (QED) is 0.465. The fraction of sp³-hybridized carbons (Fsp3) is 0.250. The van der Waals surface area contributed by atoms with E-state index in [0.29, 0.717) is 29.5 Å². The number of aromatic nitrogens is 2. The van der Waals surface area contributed by atoms with E-state index in [4.69, 9.17) is 16.3 Å². The second kappa shape index (κ2) is 11.0. The van der Waals surface area contributed by atoms with Crippen LogP contribution in [0.3, 0.4) is 0 Å². The summed E-state index contributed by atoms with van der Waals surface area (Å²) in [5.41, 5.74) is 2.58. The molecule has 11 heteroatoms. The topological polar surface area (TPSA) is 118 Å². The molecule has 1 aromatic heterocycles. The van der Waals surface area contributed by atoms with Gasteiger partial charge in [-0.15, -0.1) is 0 Å². The Morgan fingerprint density at radius 1 is 1.09 bits per heavy atom. The molecule has 10 nitrogen and oxygen atoms in total. The first-order valence-corrected chi connectivity index (χ1v) is 11.3. The number of imidazole rings is 1. The van der Waals surface area contributed by atoms with Gasteiger partial charge in [-0.05, 0) is 48.5 Å². The van der Waals surface area contributed by atoms with E-state index in [2.05, 4.69) is 20.9 Å². The van der Waals surface area contributed by atoms with Gasteiger partial charge in [0.15, 0.2) is 0 Å². The molecule has 1 aliphatic heterocycles. The molecule has 4 rings (SSSR count). The largest absolute Gasteiger partial charge is 0.370 e. The summed E-state index contributed by atoms with van der Waals surface area (Å²) in [5, 5.41) is 8.82. The Bertz CT molecular complexity index is 1200. The zero-order valence-corrected chi connectivity index (χ0v) is 19.8. The third-order valence-corrected chi connectivity index (χ3v) is 5.74. The summed E-state index contributed by atoms with van der Waals surface area (Å²) in [4.78, 5) is 43.5. The maximum absolute atomic E-state index is 13.1. The highest BCUT2D eigenvalue weighted by molar-refractivity contribution is 6.30. The summed E-state index contributed by atoms with van der Waals surface area (Å²) in [7, 11) is 1.82. The molecule has 0 spiro atoms. The van der Waals surface area contributed by atoms with Crippen LogP contribution in [0.15, 0.2) is 61.1 Å². The average molecular weight is 497 g/mol. The SMILES string of the molecule is Cn1cncc1C[C@@H](NC(=O)Nc1ccc(Cl)cc1)C(=O)Nc1ccc(N2CCOCC2=O)cc1. The standard InChI is InChI=1S/C24H25ClN6O4/c1-30-15-26-13-20(30)12-21(29-24(34)28-18-4-2-16(25)3-5-18)23(33)27-17-6-8-19(9-7-17)31-10-11-35-14-22(31)32/h2-9,13,15,21H,10-12,14H2,1H3,(H,27,33)(H2,28,29,34)/t21-/m1/s1. The lowest BCUT2D eigenvalue weighted by Crippen LogP contribution is -2.47. The molecule has 1 aliphatic rings. The summed E-state index contributed by atoms with van der Waals surface area (Å²) in [6.07, 6.45) is 3.51. The van der Waals surface area contributed by atoms with Crippen molar-refractivity contribution in [1.82, 2.24) is 14.9 Å². The van der Waals surface area contributed by atoms with Crippen LogP contribution in [-0.2, 0) is 27.8 Å². The van der Waals surface area contributed by atoms with E-state index in [1.165, 1.54) is 0 Å². The molecule has 1 fully saturated rings.